The molecule has 0 saturated carbocycles. The van der Waals surface area contributed by atoms with Crippen LogP contribution in [0.25, 0.3) is 11.1 Å². The molecule has 0 aromatic heterocycles. The molecule has 2 amide bonds. The molecule has 0 spiro atoms. The van der Waals surface area contributed by atoms with Gasteiger partial charge in [0.25, 0.3) is 0 Å². The maximum atomic E-state index is 12.4. The van der Waals surface area contributed by atoms with Crippen molar-refractivity contribution in [2.45, 2.75) is 57.6 Å². The number of benzene rings is 2. The van der Waals surface area contributed by atoms with Gasteiger partial charge in [0, 0.05) is 12.5 Å². The quantitative estimate of drug-likeness (QED) is 0.547. The minimum Gasteiger partial charge on any atom is -0.548 e. The van der Waals surface area contributed by atoms with Gasteiger partial charge in [-0.3, -0.25) is 0 Å². The van der Waals surface area contributed by atoms with Crippen LogP contribution in [0.15, 0.2) is 48.5 Å². The van der Waals surface area contributed by atoms with Crippen LogP contribution < -0.4 is 15.7 Å². The second-order valence-corrected chi connectivity index (χ2v) is 9.27. The molecule has 2 aromatic rings. The molecule has 0 fully saturated rings. The van der Waals surface area contributed by atoms with Crippen molar-refractivity contribution in [1.82, 2.24) is 10.6 Å². The average Bonchev–Trinajstić information content (AvgIpc) is 3.09. The first-order valence-electron chi connectivity index (χ1n) is 11.4. The van der Waals surface area contributed by atoms with E-state index in [1.54, 1.807) is 20.8 Å². The van der Waals surface area contributed by atoms with E-state index in [1.807, 2.05) is 48.5 Å². The lowest BCUT2D eigenvalue weighted by Crippen LogP contribution is -2.48. The topological polar surface area (TPSA) is 117 Å². The van der Waals surface area contributed by atoms with E-state index in [-0.39, 0.29) is 18.9 Å². The molecule has 2 aromatic carbocycles. The van der Waals surface area contributed by atoms with Gasteiger partial charge in [0.2, 0.25) is 0 Å². The molecule has 1 aliphatic carbocycles. The summed E-state index contributed by atoms with van der Waals surface area (Å²) in [5.74, 6) is -1.49. The number of carbonyl (C=O) groups excluding carboxylic acids is 3. The number of carboxylic acid groups (broad SMARTS) is 1. The van der Waals surface area contributed by atoms with E-state index < -0.39 is 29.8 Å². The summed E-state index contributed by atoms with van der Waals surface area (Å²) in [6, 6.07) is 14.8. The Bertz CT molecular complexity index is 984. The number of hydrogen-bond acceptors (Lipinski definition) is 6. The van der Waals surface area contributed by atoms with Gasteiger partial charge in [-0.1, -0.05) is 48.5 Å². The van der Waals surface area contributed by atoms with Crippen molar-refractivity contribution in [3.8, 4) is 11.1 Å². The number of ether oxygens (including phenoxy) is 2. The molecule has 0 saturated heterocycles. The largest absolute Gasteiger partial charge is 0.548 e. The highest BCUT2D eigenvalue weighted by molar-refractivity contribution is 5.80. The predicted octanol–water partition coefficient (Wildman–Crippen LogP) is 3.34. The highest BCUT2D eigenvalue weighted by Crippen LogP contribution is 2.44. The van der Waals surface area contributed by atoms with Crippen LogP contribution in [0.1, 0.15) is 57.1 Å². The molecule has 3 rings (SSSR count). The number of unbranched alkanes of at least 4 members (excludes halogenated alkanes) is 1. The van der Waals surface area contributed by atoms with E-state index in [9.17, 15) is 19.5 Å². The van der Waals surface area contributed by atoms with Gasteiger partial charge in [0.15, 0.2) is 0 Å². The minimum absolute atomic E-state index is 0.0967. The van der Waals surface area contributed by atoms with E-state index in [1.165, 1.54) is 0 Å². The molecule has 2 N–H and O–H groups in total. The van der Waals surface area contributed by atoms with Crippen LogP contribution in [0.3, 0.4) is 0 Å². The normalized spacial score (nSPS) is 13.4. The number of aliphatic carboxylic acids is 1. The fourth-order valence-corrected chi connectivity index (χ4v) is 4.01. The van der Waals surface area contributed by atoms with Crippen LogP contribution in [-0.2, 0) is 14.3 Å². The highest BCUT2D eigenvalue weighted by atomic mass is 16.6. The third-order valence-corrected chi connectivity index (χ3v) is 5.51. The zero-order valence-corrected chi connectivity index (χ0v) is 19.8. The molecule has 34 heavy (non-hydrogen) atoms. The van der Waals surface area contributed by atoms with Crippen LogP contribution in [0, 0.1) is 0 Å². The van der Waals surface area contributed by atoms with Crippen LogP contribution in [0.5, 0.6) is 0 Å². The van der Waals surface area contributed by atoms with Crippen LogP contribution in [0.2, 0.25) is 0 Å². The first-order chi connectivity index (χ1) is 16.2. The minimum atomic E-state index is -1.38. The van der Waals surface area contributed by atoms with Gasteiger partial charge in [0.1, 0.15) is 12.2 Å². The second kappa shape index (κ2) is 11.0. The van der Waals surface area contributed by atoms with Crippen LogP contribution in [-0.4, -0.2) is 43.0 Å². The molecule has 182 valence electrons. The van der Waals surface area contributed by atoms with Gasteiger partial charge >= 0.3 is 12.2 Å². The highest BCUT2D eigenvalue weighted by Gasteiger charge is 2.29. The molecule has 8 nitrogen and oxygen atoms in total. The summed E-state index contributed by atoms with van der Waals surface area (Å²) in [6.45, 7) is 5.74. The number of carboxylic acids is 1. The van der Waals surface area contributed by atoms with Crippen molar-refractivity contribution in [2.75, 3.05) is 13.2 Å². The fourth-order valence-electron chi connectivity index (χ4n) is 4.01. The van der Waals surface area contributed by atoms with E-state index in [2.05, 4.69) is 10.6 Å². The van der Waals surface area contributed by atoms with Crippen molar-refractivity contribution in [3.63, 3.8) is 0 Å². The summed E-state index contributed by atoms with van der Waals surface area (Å²) in [5, 5.41) is 16.5. The molecule has 8 heteroatoms. The lowest BCUT2D eigenvalue weighted by molar-refractivity contribution is -0.308. The molecule has 0 aliphatic heterocycles. The number of hydrogen-bond donors (Lipinski definition) is 2. The summed E-state index contributed by atoms with van der Waals surface area (Å²) < 4.78 is 10.6. The van der Waals surface area contributed by atoms with E-state index >= 15 is 0 Å². The molecular formula is C26H31N2O6-. The number of nitrogens with one attached hydrogen (secondary N) is 2. The number of rotatable bonds is 9. The molecule has 1 atom stereocenters. The van der Waals surface area contributed by atoms with Gasteiger partial charge in [-0.25, -0.2) is 9.59 Å². The van der Waals surface area contributed by atoms with E-state index in [0.29, 0.717) is 19.4 Å². The van der Waals surface area contributed by atoms with Gasteiger partial charge in [-0.15, -0.1) is 0 Å². The Morgan fingerprint density at radius 3 is 2.09 bits per heavy atom. The monoisotopic (exact) mass is 467 g/mol. The third-order valence-electron chi connectivity index (χ3n) is 5.51. The molecule has 1 aliphatic rings. The fraction of sp³-hybridized carbons (Fsp3) is 0.423. The predicted molar refractivity (Wildman–Crippen MR) is 125 cm³/mol. The summed E-state index contributed by atoms with van der Waals surface area (Å²) in [5.41, 5.74) is 3.78. The Balaban J connectivity index is 1.46. The van der Waals surface area contributed by atoms with Crippen molar-refractivity contribution < 1.29 is 29.0 Å². The first-order valence-corrected chi connectivity index (χ1v) is 11.4. The Hall–Kier alpha value is -3.55. The number of alkyl carbamates (subject to hydrolysis) is 2. The molecule has 1 unspecified atom stereocenters. The van der Waals surface area contributed by atoms with Gasteiger partial charge in [0.05, 0.1) is 12.0 Å². The standard InChI is InChI=1S/C26H32N2O6/c1-26(2,3)34-24(31)27-15-9-8-14-22(23(29)30)28-25(32)33-16-21-19-12-6-4-10-17(19)18-11-5-7-13-20(18)21/h4-7,10-13,21-22H,8-9,14-16H2,1-3H3,(H,27,31)(H,28,32)(H,29,30)/p-1. The summed E-state index contributed by atoms with van der Waals surface area (Å²) >= 11 is 0. The first kappa shape index (κ1) is 25.1. The Kier molecular flexibility index (Phi) is 8.15. The maximum absolute atomic E-state index is 12.4. The van der Waals surface area contributed by atoms with Crippen molar-refractivity contribution in [3.05, 3.63) is 59.7 Å². The van der Waals surface area contributed by atoms with Crippen LogP contribution in [0.4, 0.5) is 9.59 Å². The smallest absolute Gasteiger partial charge is 0.407 e. The van der Waals surface area contributed by atoms with Gasteiger partial charge in [-0.05, 0) is 62.3 Å². The maximum Gasteiger partial charge on any atom is 0.407 e. The second-order valence-electron chi connectivity index (χ2n) is 9.27. The molecule has 0 heterocycles. The lowest BCUT2D eigenvalue weighted by atomic mass is 9.98. The Morgan fingerprint density at radius 1 is 0.941 bits per heavy atom. The molecule has 0 radical (unpaired) electrons. The summed E-state index contributed by atoms with van der Waals surface area (Å²) in [4.78, 5) is 35.5. The number of fused-ring (bicyclic) bond motifs is 3. The number of carbonyl (C=O) groups is 3. The van der Waals surface area contributed by atoms with Crippen molar-refractivity contribution in [1.29, 1.82) is 0 Å². The molecular weight excluding hydrogens is 436 g/mol. The Morgan fingerprint density at radius 2 is 1.53 bits per heavy atom. The van der Waals surface area contributed by atoms with Crippen molar-refractivity contribution in [2.24, 2.45) is 0 Å². The van der Waals surface area contributed by atoms with Crippen molar-refractivity contribution >= 4 is 18.2 Å². The zero-order chi connectivity index (χ0) is 24.7. The van der Waals surface area contributed by atoms with Gasteiger partial charge < -0.3 is 30.0 Å². The van der Waals surface area contributed by atoms with E-state index in [4.69, 9.17) is 9.47 Å². The van der Waals surface area contributed by atoms with E-state index in [0.717, 1.165) is 22.3 Å². The summed E-state index contributed by atoms with van der Waals surface area (Å²) in [6.07, 6.45) is -0.195. The zero-order valence-electron chi connectivity index (χ0n) is 19.8. The molecule has 0 bridgehead atoms. The Labute approximate surface area is 199 Å². The average molecular weight is 468 g/mol. The third kappa shape index (κ3) is 6.73. The van der Waals surface area contributed by atoms with Gasteiger partial charge in [-0.2, -0.15) is 0 Å². The number of amides is 2. The SMILES string of the molecule is CC(C)(C)OC(=O)NCCCCC(NC(=O)OCC1c2ccccc2-c2ccccc21)C(=O)[O-]. The lowest BCUT2D eigenvalue weighted by Gasteiger charge is -2.21. The van der Waals surface area contributed by atoms with Crippen LogP contribution >= 0.6 is 0 Å². The summed E-state index contributed by atoms with van der Waals surface area (Å²) in [7, 11) is 0.